The summed E-state index contributed by atoms with van der Waals surface area (Å²) in [4.78, 5) is 7.80. The molecule has 0 saturated carbocycles. The molecule has 0 bridgehead atoms. The smallest absolute Gasteiger partial charge is 0.0847 e. The number of rotatable bonds is 3. The molecule has 2 aromatic heterocycles. The molecule has 1 aromatic carbocycles. The summed E-state index contributed by atoms with van der Waals surface area (Å²) < 4.78 is 98.8. The quantitative estimate of drug-likeness (QED) is 0.647. The third-order valence-electron chi connectivity index (χ3n) is 2.72. The maximum absolute atomic E-state index is 8.64. The number of benzene rings is 1. The molecule has 0 aliphatic heterocycles. The molecule has 2 nitrogen and oxygen atoms in total. The van der Waals surface area contributed by atoms with E-state index in [0.717, 1.165) is 6.07 Å². The van der Waals surface area contributed by atoms with Gasteiger partial charge >= 0.3 is 0 Å². The Morgan fingerprint density at radius 3 is 2.65 bits per heavy atom. The van der Waals surface area contributed by atoms with Crippen LogP contribution in [0.2, 0.25) is 0 Å². The molecule has 0 fully saturated rings. The van der Waals surface area contributed by atoms with Crippen LogP contribution in [-0.4, -0.2) is 9.97 Å². The highest BCUT2D eigenvalue weighted by Gasteiger charge is 2.12. The summed E-state index contributed by atoms with van der Waals surface area (Å²) in [5, 5.41) is 0. The molecule has 0 amide bonds. The van der Waals surface area contributed by atoms with Gasteiger partial charge in [-0.25, -0.2) is 0 Å². The van der Waals surface area contributed by atoms with E-state index in [9.17, 15) is 0 Å². The van der Waals surface area contributed by atoms with Gasteiger partial charge in [-0.3, -0.25) is 9.97 Å². The van der Waals surface area contributed by atoms with Gasteiger partial charge in [0.2, 0.25) is 0 Å². The van der Waals surface area contributed by atoms with Crippen LogP contribution in [0.4, 0.5) is 0 Å². The van der Waals surface area contributed by atoms with Crippen molar-refractivity contribution in [1.29, 1.82) is 0 Å². The summed E-state index contributed by atoms with van der Waals surface area (Å²) in [6.07, 6.45) is -3.51. The Morgan fingerprint density at radius 2 is 1.83 bits per heavy atom. The fourth-order valence-corrected chi connectivity index (χ4v) is 1.80. The first-order valence-corrected chi connectivity index (χ1v) is 6.97. The number of hydrogen-bond donors (Lipinski definition) is 0. The van der Waals surface area contributed by atoms with Crippen LogP contribution >= 0.6 is 0 Å². The standard InChI is InChI=1S/C21H22N2/c1-21(2,3)14-19-10-9-18(15-23-19)17-11-12-22-20(13-17)16-7-5-4-6-8-16/h4-13,15H,14H2,1-3H3/i4D,5D,6D,7D,9D,10D,11D,12D,13D,14D2,15D. The van der Waals surface area contributed by atoms with E-state index in [1.807, 2.05) is 0 Å². The van der Waals surface area contributed by atoms with Gasteiger partial charge in [-0.2, -0.15) is 0 Å². The maximum atomic E-state index is 8.64. The predicted octanol–water partition coefficient (Wildman–Crippen LogP) is 5.40. The second kappa shape index (κ2) is 6.33. The molecule has 0 spiro atoms. The molecule has 2 heteroatoms. The van der Waals surface area contributed by atoms with Crippen LogP contribution in [0.1, 0.15) is 42.9 Å². The third kappa shape index (κ3) is 4.04. The topological polar surface area (TPSA) is 25.8 Å². The fraction of sp³-hybridized carbons (Fsp3) is 0.238. The minimum Gasteiger partial charge on any atom is -0.261 e. The number of nitrogens with zero attached hydrogens (tertiary/aromatic N) is 2. The van der Waals surface area contributed by atoms with E-state index in [4.69, 9.17) is 16.4 Å². The molecular formula is C21H22N2. The van der Waals surface area contributed by atoms with Gasteiger partial charge in [0.05, 0.1) is 19.4 Å². The normalized spacial score (nSPS) is 19.4. The van der Waals surface area contributed by atoms with Crippen molar-refractivity contribution in [1.82, 2.24) is 9.97 Å². The molecule has 3 aromatic rings. The van der Waals surface area contributed by atoms with E-state index in [1.54, 1.807) is 20.8 Å². The number of aromatic nitrogens is 2. The van der Waals surface area contributed by atoms with Gasteiger partial charge in [-0.1, -0.05) is 57.0 Å². The lowest BCUT2D eigenvalue weighted by atomic mass is 9.90. The van der Waals surface area contributed by atoms with Gasteiger partial charge in [0.25, 0.3) is 0 Å². The molecule has 0 saturated heterocycles. The summed E-state index contributed by atoms with van der Waals surface area (Å²) in [5.74, 6) is 0. The summed E-state index contributed by atoms with van der Waals surface area (Å²) in [6.45, 7) is 4.76. The van der Waals surface area contributed by atoms with Gasteiger partial charge in [-0.15, -0.1) is 0 Å². The second-order valence-electron chi connectivity index (χ2n) is 5.85. The average molecular weight is 314 g/mol. The van der Waals surface area contributed by atoms with Crippen LogP contribution in [0.15, 0.2) is 66.8 Å². The van der Waals surface area contributed by atoms with Gasteiger partial charge in [0.1, 0.15) is 0 Å². The third-order valence-corrected chi connectivity index (χ3v) is 2.72. The summed E-state index contributed by atoms with van der Waals surface area (Å²) in [6, 6.07) is -3.43. The van der Waals surface area contributed by atoms with Crippen molar-refractivity contribution >= 4 is 0 Å². The monoisotopic (exact) mass is 314 g/mol. The lowest BCUT2D eigenvalue weighted by Crippen LogP contribution is -2.10. The maximum Gasteiger partial charge on any atom is 0.0847 e. The van der Waals surface area contributed by atoms with Crippen molar-refractivity contribution in [2.45, 2.75) is 27.1 Å². The van der Waals surface area contributed by atoms with Crippen LogP contribution in [0, 0.1) is 5.41 Å². The van der Waals surface area contributed by atoms with Crippen LogP contribution in [0.25, 0.3) is 22.4 Å². The zero-order chi connectivity index (χ0) is 26.8. The highest BCUT2D eigenvalue weighted by atomic mass is 14.7. The lowest BCUT2D eigenvalue weighted by Gasteiger charge is -2.17. The molecule has 0 aliphatic carbocycles. The zero-order valence-corrected chi connectivity index (χ0v) is 13.0. The molecule has 0 aliphatic rings. The Morgan fingerprint density at radius 1 is 0.957 bits per heavy atom. The van der Waals surface area contributed by atoms with E-state index in [0.29, 0.717) is 0 Å². The van der Waals surface area contributed by atoms with Crippen LogP contribution < -0.4 is 0 Å². The van der Waals surface area contributed by atoms with Crippen LogP contribution in [0.5, 0.6) is 0 Å². The van der Waals surface area contributed by atoms with E-state index >= 15 is 0 Å². The van der Waals surface area contributed by atoms with Gasteiger partial charge < -0.3 is 0 Å². The second-order valence-corrected chi connectivity index (χ2v) is 5.85. The SMILES string of the molecule is [2H]c1cc(-c2nc([2H])c([2H])c(-c3c([2H])nc(C([2H])([2H])C(C)(C)C)c([2H])c3[2H])c2[2H])c([2H])c([2H])c1[2H]. The van der Waals surface area contributed by atoms with Crippen molar-refractivity contribution in [3.8, 4) is 22.4 Å². The highest BCUT2D eigenvalue weighted by molar-refractivity contribution is 5.69. The molecular weight excluding hydrogens is 280 g/mol. The number of pyridine rings is 2. The van der Waals surface area contributed by atoms with Crippen molar-refractivity contribution < 1.29 is 16.4 Å². The lowest BCUT2D eigenvalue weighted by molar-refractivity contribution is 0.406. The Bertz CT molecular complexity index is 1360. The Hall–Kier alpha value is -2.48. The molecule has 2 heterocycles. The molecule has 0 atom stereocenters. The minimum atomic E-state index is -2.18. The minimum absolute atomic E-state index is 0.200. The fourth-order valence-electron chi connectivity index (χ4n) is 1.80. The van der Waals surface area contributed by atoms with Crippen molar-refractivity contribution in [2.24, 2.45) is 5.41 Å². The van der Waals surface area contributed by atoms with E-state index < -0.39 is 89.3 Å². The molecule has 116 valence electrons. The Kier molecular flexibility index (Phi) is 1.81. The predicted molar refractivity (Wildman–Crippen MR) is 96.1 cm³/mol. The number of hydrogen-bond acceptors (Lipinski definition) is 2. The molecule has 0 unspecified atom stereocenters. The molecule has 3 rings (SSSR count). The van der Waals surface area contributed by atoms with Gasteiger partial charge in [0.15, 0.2) is 0 Å². The largest absolute Gasteiger partial charge is 0.261 e. The summed E-state index contributed by atoms with van der Waals surface area (Å²) in [7, 11) is 0. The highest BCUT2D eigenvalue weighted by Crippen LogP contribution is 2.25. The van der Waals surface area contributed by atoms with Gasteiger partial charge in [-0.05, 0) is 35.5 Å². The van der Waals surface area contributed by atoms with Crippen molar-refractivity contribution in [3.63, 3.8) is 0 Å². The van der Waals surface area contributed by atoms with Crippen molar-refractivity contribution in [3.05, 3.63) is 72.4 Å². The van der Waals surface area contributed by atoms with Crippen LogP contribution in [0.3, 0.4) is 0 Å². The van der Waals surface area contributed by atoms with E-state index in [-0.39, 0.29) is 11.3 Å². The van der Waals surface area contributed by atoms with E-state index in [1.165, 1.54) is 0 Å². The van der Waals surface area contributed by atoms with Gasteiger partial charge in [0, 0.05) is 31.9 Å². The molecule has 23 heavy (non-hydrogen) atoms. The van der Waals surface area contributed by atoms with E-state index in [2.05, 4.69) is 9.97 Å². The molecule has 0 N–H and O–H groups in total. The average Bonchev–Trinajstić information content (AvgIpc) is 2.75. The summed E-state index contributed by atoms with van der Waals surface area (Å²) >= 11 is 0. The first kappa shape index (κ1) is 6.56. The Labute approximate surface area is 155 Å². The summed E-state index contributed by atoms with van der Waals surface area (Å²) in [5.41, 5.74) is -2.87. The molecule has 0 radical (unpaired) electrons. The Balaban J connectivity index is 2.41. The van der Waals surface area contributed by atoms with Crippen LogP contribution in [-0.2, 0) is 6.37 Å². The first-order valence-electron chi connectivity index (χ1n) is 13.0. The zero-order valence-electron chi connectivity index (χ0n) is 25.0. The van der Waals surface area contributed by atoms with Crippen molar-refractivity contribution in [2.75, 3.05) is 0 Å². The first-order chi connectivity index (χ1) is 15.9.